The number of hydrogen-bond acceptors (Lipinski definition) is 7. The van der Waals surface area contributed by atoms with Crippen LogP contribution in [-0.2, 0) is 33.2 Å². The quantitative estimate of drug-likeness (QED) is 0.365. The molecule has 9 nitrogen and oxygen atoms in total. The standard InChI is InChI=1S/C27H32F3N3O4S.C2HF3O2/c1-17-24(26(3,4)5)37-31-25(17)32-38(34,35)23-11-8-20-12-13-33(15-21(20)14-23)18(2)19-6-9-22(10-7-19)36-16-27(28,29)30;3-2(4,5)1(6)7/h6-11,14,18H,12-13,15-16H2,1-5H3,(H,31,32);(H,6,7)/t18-;/m1./s1. The molecule has 0 amide bonds. The van der Waals surface area contributed by atoms with E-state index in [-0.39, 0.29) is 27.9 Å². The van der Waals surface area contributed by atoms with Crippen LogP contribution in [0.15, 0.2) is 51.9 Å². The Labute approximate surface area is 256 Å². The largest absolute Gasteiger partial charge is 0.542 e. The Morgan fingerprint density at radius 1 is 1.07 bits per heavy atom. The summed E-state index contributed by atoms with van der Waals surface area (Å²) in [5.41, 5.74) is 3.34. The van der Waals surface area contributed by atoms with Gasteiger partial charge in [0.25, 0.3) is 10.0 Å². The maximum atomic E-state index is 13.2. The number of nitrogens with zero attached hydrogens (tertiary/aromatic N) is 1. The Bertz CT molecular complexity index is 1600. The lowest BCUT2D eigenvalue weighted by atomic mass is 9.91. The van der Waals surface area contributed by atoms with Crippen molar-refractivity contribution in [2.45, 2.75) is 76.3 Å². The number of carboxylic acids is 1. The molecule has 1 aliphatic heterocycles. The number of aliphatic carboxylic acids is 1. The van der Waals surface area contributed by atoms with E-state index >= 15 is 0 Å². The lowest BCUT2D eigenvalue weighted by Gasteiger charge is -2.31. The predicted molar refractivity (Wildman–Crippen MR) is 148 cm³/mol. The fourth-order valence-electron chi connectivity index (χ4n) is 4.75. The van der Waals surface area contributed by atoms with Gasteiger partial charge in [-0.1, -0.05) is 32.0 Å². The van der Waals surface area contributed by atoms with Crippen LogP contribution in [0.1, 0.15) is 61.8 Å². The van der Waals surface area contributed by atoms with Gasteiger partial charge in [-0.3, -0.25) is 4.72 Å². The number of carbonyl (C=O) groups excluding carboxylic acids is 1. The number of hydrogen-bond donors (Lipinski definition) is 2. The Morgan fingerprint density at radius 3 is 2.18 bits per heavy atom. The minimum Gasteiger partial charge on any atom is -0.542 e. The summed E-state index contributed by atoms with van der Waals surface area (Å²) in [6.07, 6.45) is -8.80. The number of carbonyl (C=O) groups is 1. The summed E-state index contributed by atoms with van der Waals surface area (Å²) in [5.74, 6) is -2.05. The molecule has 0 aliphatic carbocycles. The first-order valence-electron chi connectivity index (χ1n) is 13.6. The van der Waals surface area contributed by atoms with Crippen molar-refractivity contribution < 1.29 is 58.8 Å². The molecule has 0 radical (unpaired) electrons. The van der Waals surface area contributed by atoms with Gasteiger partial charge >= 0.3 is 12.4 Å². The van der Waals surface area contributed by atoms with Gasteiger partial charge in [-0.25, -0.2) is 8.42 Å². The number of quaternary nitrogens is 1. The predicted octanol–water partition coefficient (Wildman–Crippen LogP) is 4.02. The molecule has 2 N–H and O–H groups in total. The van der Waals surface area contributed by atoms with E-state index in [1.54, 1.807) is 43.3 Å². The van der Waals surface area contributed by atoms with E-state index in [1.807, 2.05) is 33.8 Å². The van der Waals surface area contributed by atoms with Crippen LogP contribution in [0.4, 0.5) is 32.2 Å². The summed E-state index contributed by atoms with van der Waals surface area (Å²) in [4.78, 5) is 10.2. The van der Waals surface area contributed by atoms with Gasteiger partial charge in [0.2, 0.25) is 0 Å². The van der Waals surface area contributed by atoms with E-state index in [4.69, 9.17) is 19.2 Å². The molecule has 0 saturated heterocycles. The normalized spacial score (nSPS) is 16.2. The zero-order valence-corrected chi connectivity index (χ0v) is 25.8. The third-order valence-corrected chi connectivity index (χ3v) is 8.42. The lowest BCUT2D eigenvalue weighted by Crippen LogP contribution is -3.11. The number of sulfonamides is 1. The van der Waals surface area contributed by atoms with Crippen LogP contribution in [-0.4, -0.2) is 45.0 Å². The summed E-state index contributed by atoms with van der Waals surface area (Å²) < 4.78 is 108. The third kappa shape index (κ3) is 9.60. The molecule has 0 saturated carbocycles. The first-order valence-corrected chi connectivity index (χ1v) is 15.1. The third-order valence-electron chi connectivity index (χ3n) is 7.08. The second-order valence-corrected chi connectivity index (χ2v) is 13.3. The highest BCUT2D eigenvalue weighted by Gasteiger charge is 2.31. The molecule has 45 heavy (non-hydrogen) atoms. The zero-order chi connectivity index (χ0) is 34.0. The number of benzene rings is 2. The minimum absolute atomic E-state index is 0.0480. The SMILES string of the molecule is Cc1c(NS(=O)(=O)c2ccc3c(c2)C[NH+]([C@H](C)c2ccc(OCC(F)(F)F)cc2)CC3)noc1C(C)(C)C.O=C([O-])C(F)(F)F. The van der Waals surface area contributed by atoms with Crippen molar-refractivity contribution in [2.75, 3.05) is 17.9 Å². The summed E-state index contributed by atoms with van der Waals surface area (Å²) in [6, 6.07) is 11.9. The fourth-order valence-corrected chi connectivity index (χ4v) is 5.85. The molecule has 3 aromatic rings. The monoisotopic (exact) mass is 665 g/mol. The Hall–Kier alpha value is -3.79. The van der Waals surface area contributed by atoms with E-state index in [0.29, 0.717) is 17.9 Å². The minimum atomic E-state index is -5.19. The number of rotatable bonds is 7. The molecular formula is C29H33F6N3O6S. The van der Waals surface area contributed by atoms with Gasteiger partial charge in [0.15, 0.2) is 12.4 Å². The molecule has 2 atom stereocenters. The molecule has 0 bridgehead atoms. The Kier molecular flexibility index (Phi) is 10.5. The molecule has 0 fully saturated rings. The second kappa shape index (κ2) is 13.3. The number of aromatic nitrogens is 1. The maximum Gasteiger partial charge on any atom is 0.430 e. The van der Waals surface area contributed by atoms with E-state index in [1.165, 1.54) is 4.90 Å². The summed E-state index contributed by atoms with van der Waals surface area (Å²) in [6.45, 7) is 9.86. The van der Waals surface area contributed by atoms with Crippen molar-refractivity contribution in [2.24, 2.45) is 0 Å². The number of fused-ring (bicyclic) bond motifs is 1. The summed E-state index contributed by atoms with van der Waals surface area (Å²) in [5, 5.41) is 12.7. The van der Waals surface area contributed by atoms with Gasteiger partial charge < -0.3 is 24.1 Å². The van der Waals surface area contributed by atoms with Crippen LogP contribution in [0.3, 0.4) is 0 Å². The summed E-state index contributed by atoms with van der Waals surface area (Å²) in [7, 11) is -3.89. The van der Waals surface area contributed by atoms with Crippen LogP contribution in [0, 0.1) is 6.92 Å². The van der Waals surface area contributed by atoms with Crippen molar-refractivity contribution in [3.8, 4) is 5.75 Å². The van der Waals surface area contributed by atoms with E-state index in [9.17, 15) is 34.8 Å². The highest BCUT2D eigenvalue weighted by Crippen LogP contribution is 2.31. The van der Waals surface area contributed by atoms with Gasteiger partial charge in [0, 0.05) is 28.5 Å². The van der Waals surface area contributed by atoms with Gasteiger partial charge in [0.1, 0.15) is 30.1 Å². The van der Waals surface area contributed by atoms with Crippen molar-refractivity contribution >= 4 is 21.8 Å². The van der Waals surface area contributed by atoms with Gasteiger partial charge in [-0.2, -0.15) is 26.3 Å². The molecule has 4 rings (SSSR count). The molecule has 1 aromatic heterocycles. The molecule has 248 valence electrons. The highest BCUT2D eigenvalue weighted by atomic mass is 32.2. The first-order chi connectivity index (χ1) is 20.6. The molecule has 1 unspecified atom stereocenters. The zero-order valence-electron chi connectivity index (χ0n) is 25.0. The number of nitrogens with one attached hydrogen (secondary N) is 2. The van der Waals surface area contributed by atoms with E-state index in [2.05, 4.69) is 9.88 Å². The number of carboxylic acid groups (broad SMARTS) is 1. The van der Waals surface area contributed by atoms with Crippen molar-refractivity contribution in [1.82, 2.24) is 5.16 Å². The lowest BCUT2D eigenvalue weighted by molar-refractivity contribution is -0.945. The number of alkyl halides is 6. The Balaban J connectivity index is 0.000000707. The van der Waals surface area contributed by atoms with E-state index < -0.39 is 35.0 Å². The van der Waals surface area contributed by atoms with Crippen LogP contribution >= 0.6 is 0 Å². The fraction of sp³-hybridized carbons (Fsp3) is 0.448. The highest BCUT2D eigenvalue weighted by molar-refractivity contribution is 7.92. The summed E-state index contributed by atoms with van der Waals surface area (Å²) >= 11 is 0. The molecule has 2 aromatic carbocycles. The van der Waals surface area contributed by atoms with Crippen molar-refractivity contribution in [1.29, 1.82) is 0 Å². The average Bonchev–Trinajstić information content (AvgIpc) is 3.30. The van der Waals surface area contributed by atoms with Gasteiger partial charge in [-0.15, -0.1) is 0 Å². The smallest absolute Gasteiger partial charge is 0.430 e. The number of halogens is 6. The first kappa shape index (κ1) is 35.7. The number of anilines is 1. The maximum absolute atomic E-state index is 13.2. The van der Waals surface area contributed by atoms with Gasteiger partial charge in [-0.05, 0) is 55.8 Å². The van der Waals surface area contributed by atoms with Crippen LogP contribution in [0.5, 0.6) is 5.75 Å². The second-order valence-electron chi connectivity index (χ2n) is 11.6. The number of ether oxygens (including phenoxy) is 1. The van der Waals surface area contributed by atoms with Crippen LogP contribution in [0.25, 0.3) is 0 Å². The van der Waals surface area contributed by atoms with Crippen LogP contribution < -0.4 is 19.5 Å². The van der Waals surface area contributed by atoms with Crippen molar-refractivity contribution in [3.05, 3.63) is 70.5 Å². The topological polar surface area (TPSA) is 126 Å². The Morgan fingerprint density at radius 2 is 1.67 bits per heavy atom. The molecule has 16 heteroatoms. The molecular weight excluding hydrogens is 632 g/mol. The molecule has 0 spiro atoms. The van der Waals surface area contributed by atoms with Crippen LogP contribution in [0.2, 0.25) is 0 Å². The van der Waals surface area contributed by atoms with E-state index in [0.717, 1.165) is 29.7 Å². The van der Waals surface area contributed by atoms with Crippen molar-refractivity contribution in [3.63, 3.8) is 0 Å². The molecule has 1 aliphatic rings. The average molecular weight is 666 g/mol. The molecule has 2 heterocycles. The van der Waals surface area contributed by atoms with Gasteiger partial charge in [0.05, 0.1) is 11.4 Å².